The number of nitrogens with zero attached hydrogens (tertiary/aromatic N) is 1. The molecule has 0 saturated heterocycles. The van der Waals surface area contributed by atoms with Gasteiger partial charge in [-0.1, -0.05) is 6.08 Å². The molecule has 0 saturated carbocycles. The van der Waals surface area contributed by atoms with Gasteiger partial charge in [0.2, 0.25) is 0 Å². The largest absolute Gasteiger partial charge is 0.397 e. The number of nitrogens with two attached hydrogens (primary N) is 2. The van der Waals surface area contributed by atoms with Crippen molar-refractivity contribution in [1.29, 1.82) is 0 Å². The SMILES string of the molecule is C=CC[C@H](N)c1ccncc1N. The smallest absolute Gasteiger partial charge is 0.0549 e. The molecule has 1 heterocycles. The lowest BCUT2D eigenvalue weighted by Crippen LogP contribution is -2.11. The third kappa shape index (κ3) is 1.83. The minimum atomic E-state index is -0.0644. The minimum Gasteiger partial charge on any atom is -0.397 e. The van der Waals surface area contributed by atoms with Crippen molar-refractivity contribution in [2.75, 3.05) is 5.73 Å². The fourth-order valence-corrected chi connectivity index (χ4v) is 1.06. The van der Waals surface area contributed by atoms with E-state index in [1.807, 2.05) is 6.07 Å². The van der Waals surface area contributed by atoms with E-state index in [0.29, 0.717) is 5.69 Å². The monoisotopic (exact) mass is 163 g/mol. The summed E-state index contributed by atoms with van der Waals surface area (Å²) in [5.41, 5.74) is 13.1. The van der Waals surface area contributed by atoms with Crippen molar-refractivity contribution >= 4 is 5.69 Å². The molecule has 0 unspecified atom stereocenters. The van der Waals surface area contributed by atoms with Crippen molar-refractivity contribution in [3.8, 4) is 0 Å². The van der Waals surface area contributed by atoms with Gasteiger partial charge in [-0.2, -0.15) is 0 Å². The number of aromatic nitrogens is 1. The van der Waals surface area contributed by atoms with Crippen LogP contribution >= 0.6 is 0 Å². The van der Waals surface area contributed by atoms with Gasteiger partial charge in [0, 0.05) is 12.2 Å². The van der Waals surface area contributed by atoms with Gasteiger partial charge in [-0.3, -0.25) is 4.98 Å². The van der Waals surface area contributed by atoms with Crippen molar-refractivity contribution in [3.05, 3.63) is 36.7 Å². The van der Waals surface area contributed by atoms with Crippen molar-refractivity contribution in [2.24, 2.45) is 5.73 Å². The molecule has 1 aromatic rings. The lowest BCUT2D eigenvalue weighted by Gasteiger charge is -2.10. The zero-order chi connectivity index (χ0) is 8.97. The maximum atomic E-state index is 5.83. The molecule has 0 radical (unpaired) electrons. The highest BCUT2D eigenvalue weighted by Gasteiger charge is 2.06. The molecule has 1 atom stereocenters. The Morgan fingerprint density at radius 1 is 1.67 bits per heavy atom. The summed E-state index contributed by atoms with van der Waals surface area (Å²) in [6.07, 6.45) is 5.81. The standard InChI is InChI=1S/C9H13N3/c1-2-3-8(10)7-4-5-12-6-9(7)11/h2,4-6,8H,1,3,10-11H2/t8-/m0/s1. The number of rotatable bonds is 3. The van der Waals surface area contributed by atoms with Crippen molar-refractivity contribution in [3.63, 3.8) is 0 Å². The molecule has 1 aromatic heterocycles. The normalized spacial score (nSPS) is 12.4. The Hall–Kier alpha value is -1.35. The van der Waals surface area contributed by atoms with Crippen LogP contribution in [0.2, 0.25) is 0 Å². The second-order valence-corrected chi connectivity index (χ2v) is 2.64. The molecule has 3 heteroatoms. The predicted molar refractivity (Wildman–Crippen MR) is 50.4 cm³/mol. The van der Waals surface area contributed by atoms with Crippen LogP contribution < -0.4 is 11.5 Å². The average molecular weight is 163 g/mol. The van der Waals surface area contributed by atoms with Gasteiger partial charge in [-0.25, -0.2) is 0 Å². The maximum absolute atomic E-state index is 5.83. The van der Waals surface area contributed by atoms with E-state index in [1.165, 1.54) is 0 Å². The Balaban J connectivity index is 2.86. The van der Waals surface area contributed by atoms with Crippen LogP contribution in [0.1, 0.15) is 18.0 Å². The van der Waals surface area contributed by atoms with Crippen LogP contribution in [0.5, 0.6) is 0 Å². The number of hydrogen-bond acceptors (Lipinski definition) is 3. The van der Waals surface area contributed by atoms with E-state index in [4.69, 9.17) is 11.5 Å². The molecule has 0 aliphatic carbocycles. The molecule has 0 aromatic carbocycles. The molecule has 3 nitrogen and oxygen atoms in total. The molecule has 0 bridgehead atoms. The fourth-order valence-electron chi connectivity index (χ4n) is 1.06. The van der Waals surface area contributed by atoms with Crippen LogP contribution in [-0.4, -0.2) is 4.98 Å². The van der Waals surface area contributed by atoms with Crippen LogP contribution in [-0.2, 0) is 0 Å². The van der Waals surface area contributed by atoms with Crippen LogP contribution in [0.25, 0.3) is 0 Å². The summed E-state index contributed by atoms with van der Waals surface area (Å²) in [6, 6.07) is 1.77. The van der Waals surface area contributed by atoms with E-state index in [0.717, 1.165) is 12.0 Å². The van der Waals surface area contributed by atoms with Crippen molar-refractivity contribution in [1.82, 2.24) is 4.98 Å². The number of hydrogen-bond donors (Lipinski definition) is 2. The number of nitrogen functional groups attached to an aromatic ring is 1. The minimum absolute atomic E-state index is 0.0644. The van der Waals surface area contributed by atoms with Gasteiger partial charge in [0.25, 0.3) is 0 Å². The topological polar surface area (TPSA) is 64.9 Å². The number of pyridine rings is 1. The molecule has 12 heavy (non-hydrogen) atoms. The maximum Gasteiger partial charge on any atom is 0.0549 e. The van der Waals surface area contributed by atoms with Crippen LogP contribution in [0, 0.1) is 0 Å². The molecule has 0 spiro atoms. The molecule has 0 aliphatic rings. The summed E-state index contributed by atoms with van der Waals surface area (Å²) in [4.78, 5) is 3.88. The first-order valence-electron chi connectivity index (χ1n) is 3.81. The van der Waals surface area contributed by atoms with Crippen molar-refractivity contribution < 1.29 is 0 Å². The third-order valence-corrected chi connectivity index (χ3v) is 1.71. The first kappa shape index (κ1) is 8.74. The van der Waals surface area contributed by atoms with Gasteiger partial charge < -0.3 is 11.5 Å². The van der Waals surface area contributed by atoms with E-state index in [-0.39, 0.29) is 6.04 Å². The molecule has 0 aliphatic heterocycles. The second-order valence-electron chi connectivity index (χ2n) is 2.64. The summed E-state index contributed by atoms with van der Waals surface area (Å²) in [5, 5.41) is 0. The Labute approximate surface area is 72.1 Å². The first-order valence-corrected chi connectivity index (χ1v) is 3.81. The van der Waals surface area contributed by atoms with Gasteiger partial charge in [-0.15, -0.1) is 6.58 Å². The molecular formula is C9H13N3. The zero-order valence-electron chi connectivity index (χ0n) is 6.90. The van der Waals surface area contributed by atoms with E-state index in [9.17, 15) is 0 Å². The fraction of sp³-hybridized carbons (Fsp3) is 0.222. The summed E-state index contributed by atoms with van der Waals surface area (Å²) in [7, 11) is 0. The Kier molecular flexibility index (Phi) is 2.82. The molecular weight excluding hydrogens is 150 g/mol. The Bertz CT molecular complexity index is 270. The summed E-state index contributed by atoms with van der Waals surface area (Å²) in [5.74, 6) is 0. The Morgan fingerprint density at radius 2 is 2.42 bits per heavy atom. The lowest BCUT2D eigenvalue weighted by atomic mass is 10.1. The molecule has 1 rings (SSSR count). The highest BCUT2D eigenvalue weighted by Crippen LogP contribution is 2.19. The molecule has 64 valence electrons. The van der Waals surface area contributed by atoms with Crippen molar-refractivity contribution in [2.45, 2.75) is 12.5 Å². The zero-order valence-corrected chi connectivity index (χ0v) is 6.90. The van der Waals surface area contributed by atoms with Crippen LogP contribution in [0.3, 0.4) is 0 Å². The average Bonchev–Trinajstić information content (AvgIpc) is 2.05. The lowest BCUT2D eigenvalue weighted by molar-refractivity contribution is 0.743. The van der Waals surface area contributed by atoms with Gasteiger partial charge in [0.1, 0.15) is 0 Å². The van der Waals surface area contributed by atoms with Gasteiger partial charge in [0.15, 0.2) is 0 Å². The second kappa shape index (κ2) is 3.88. The summed E-state index contributed by atoms with van der Waals surface area (Å²) < 4.78 is 0. The van der Waals surface area contributed by atoms with E-state index in [2.05, 4.69) is 11.6 Å². The molecule has 4 N–H and O–H groups in total. The van der Waals surface area contributed by atoms with E-state index in [1.54, 1.807) is 18.5 Å². The molecule has 0 amide bonds. The van der Waals surface area contributed by atoms with Crippen LogP contribution in [0.15, 0.2) is 31.1 Å². The molecule has 0 fully saturated rings. The summed E-state index contributed by atoms with van der Waals surface area (Å²) in [6.45, 7) is 3.62. The number of anilines is 1. The van der Waals surface area contributed by atoms with Gasteiger partial charge in [-0.05, 0) is 18.1 Å². The van der Waals surface area contributed by atoms with E-state index < -0.39 is 0 Å². The third-order valence-electron chi connectivity index (χ3n) is 1.71. The van der Waals surface area contributed by atoms with E-state index >= 15 is 0 Å². The highest BCUT2D eigenvalue weighted by atomic mass is 14.7. The highest BCUT2D eigenvalue weighted by molar-refractivity contribution is 5.45. The summed E-state index contributed by atoms with van der Waals surface area (Å²) >= 11 is 0. The Morgan fingerprint density at radius 3 is 3.00 bits per heavy atom. The predicted octanol–water partition coefficient (Wildman–Crippen LogP) is 1.24. The van der Waals surface area contributed by atoms with Gasteiger partial charge >= 0.3 is 0 Å². The van der Waals surface area contributed by atoms with Gasteiger partial charge in [0.05, 0.1) is 11.9 Å². The quantitative estimate of drug-likeness (QED) is 0.659. The first-order chi connectivity index (χ1) is 5.75. The van der Waals surface area contributed by atoms with Crippen LogP contribution in [0.4, 0.5) is 5.69 Å².